The smallest absolute Gasteiger partial charge is 0.411 e. The first kappa shape index (κ1) is 29.0. The number of oxime groups is 1. The lowest BCUT2D eigenvalue weighted by atomic mass is 9.92. The highest BCUT2D eigenvalue weighted by molar-refractivity contribution is 7.98. The fourth-order valence-electron chi connectivity index (χ4n) is 4.18. The standard InChI is InChI=1S/C28H25F3N2O6S/c29-28(30,31)16-39-23(27(35)36)14-17-6-9-20(10-7-17)38-13-12-22-21-11-8-19(15-24(21)40-33-26(22)34)25(32-37)18-4-2-1-3-5-18/h1-11,15,22-23,37H,12-14,16H2,(H,33,34)(H,35,36). The number of fused-ring (bicyclic) bond motifs is 1. The third-order valence-corrected chi connectivity index (χ3v) is 7.01. The number of alkyl halides is 3. The summed E-state index contributed by atoms with van der Waals surface area (Å²) in [6, 6.07) is 21.0. The van der Waals surface area contributed by atoms with Crippen molar-refractivity contribution in [2.45, 2.75) is 35.9 Å². The van der Waals surface area contributed by atoms with Gasteiger partial charge < -0.3 is 19.8 Å². The Morgan fingerprint density at radius 2 is 1.77 bits per heavy atom. The monoisotopic (exact) mass is 574 g/mol. The Hall–Kier alpha value is -4.03. The molecule has 0 radical (unpaired) electrons. The van der Waals surface area contributed by atoms with Crippen LogP contribution in [0.25, 0.3) is 0 Å². The van der Waals surface area contributed by atoms with Crippen molar-refractivity contribution in [3.8, 4) is 5.75 Å². The molecule has 1 aliphatic rings. The first-order chi connectivity index (χ1) is 19.1. The molecule has 4 rings (SSSR count). The number of carbonyl (C=O) groups excluding carboxylic acids is 1. The van der Waals surface area contributed by atoms with Crippen molar-refractivity contribution in [1.29, 1.82) is 0 Å². The van der Waals surface area contributed by atoms with E-state index < -0.39 is 30.8 Å². The topological polar surface area (TPSA) is 117 Å². The zero-order valence-corrected chi connectivity index (χ0v) is 21.7. The van der Waals surface area contributed by atoms with Crippen molar-refractivity contribution in [3.05, 3.63) is 95.1 Å². The molecule has 1 aliphatic heterocycles. The van der Waals surface area contributed by atoms with Crippen LogP contribution in [0.15, 0.2) is 82.8 Å². The van der Waals surface area contributed by atoms with Gasteiger partial charge in [-0.15, -0.1) is 0 Å². The molecule has 0 fully saturated rings. The molecule has 0 bridgehead atoms. The summed E-state index contributed by atoms with van der Waals surface area (Å²) in [6.07, 6.45) is -6.13. The Morgan fingerprint density at radius 3 is 2.42 bits per heavy atom. The SMILES string of the molecule is O=C(O)C(Cc1ccc(OCCC2C(=O)NSc3cc(C(=NO)c4ccccc4)ccc32)cc1)OCC(F)(F)F. The maximum Gasteiger partial charge on any atom is 0.411 e. The van der Waals surface area contributed by atoms with Crippen molar-refractivity contribution in [2.24, 2.45) is 5.16 Å². The molecule has 8 nitrogen and oxygen atoms in total. The molecular weight excluding hydrogens is 549 g/mol. The van der Waals surface area contributed by atoms with Gasteiger partial charge in [0.2, 0.25) is 5.91 Å². The first-order valence-electron chi connectivity index (χ1n) is 12.2. The van der Waals surface area contributed by atoms with E-state index in [1.165, 1.54) is 11.9 Å². The number of benzene rings is 3. The van der Waals surface area contributed by atoms with Crippen molar-refractivity contribution in [1.82, 2.24) is 4.72 Å². The Labute approximate surface area is 231 Å². The summed E-state index contributed by atoms with van der Waals surface area (Å²) < 4.78 is 50.2. The Bertz CT molecular complexity index is 1370. The quantitative estimate of drug-likeness (QED) is 0.125. The number of nitrogens with zero attached hydrogens (tertiary/aromatic N) is 1. The molecule has 0 saturated heterocycles. The maximum absolute atomic E-state index is 12.6. The first-order valence-corrected chi connectivity index (χ1v) is 13.0. The van der Waals surface area contributed by atoms with Crippen LogP contribution in [0.5, 0.6) is 5.75 Å². The highest BCUT2D eigenvalue weighted by Crippen LogP contribution is 2.36. The summed E-state index contributed by atoms with van der Waals surface area (Å²) in [7, 11) is 0. The fourth-order valence-corrected chi connectivity index (χ4v) is 5.05. The molecule has 3 aromatic carbocycles. The van der Waals surface area contributed by atoms with Gasteiger partial charge in [-0.2, -0.15) is 13.2 Å². The van der Waals surface area contributed by atoms with Crippen molar-refractivity contribution < 1.29 is 42.5 Å². The van der Waals surface area contributed by atoms with E-state index in [4.69, 9.17) is 9.84 Å². The lowest BCUT2D eigenvalue weighted by molar-refractivity contribution is -0.192. The molecule has 3 aromatic rings. The second-order valence-electron chi connectivity index (χ2n) is 8.93. The molecule has 0 aliphatic carbocycles. The van der Waals surface area contributed by atoms with Gasteiger partial charge in [0.25, 0.3) is 0 Å². The van der Waals surface area contributed by atoms with Crippen LogP contribution in [-0.4, -0.2) is 53.4 Å². The van der Waals surface area contributed by atoms with Gasteiger partial charge in [0.05, 0.1) is 12.5 Å². The second kappa shape index (κ2) is 12.9. The van der Waals surface area contributed by atoms with Gasteiger partial charge in [0.1, 0.15) is 18.1 Å². The normalized spacial score (nSPS) is 16.1. The maximum atomic E-state index is 12.6. The summed E-state index contributed by atoms with van der Waals surface area (Å²) in [5.41, 5.74) is 3.14. The fraction of sp³-hybridized carbons (Fsp3) is 0.250. The molecule has 1 heterocycles. The third-order valence-electron chi connectivity index (χ3n) is 6.13. The number of amides is 1. The average Bonchev–Trinajstić information content (AvgIpc) is 2.93. The Kier molecular flexibility index (Phi) is 9.33. The molecule has 0 spiro atoms. The lowest BCUT2D eigenvalue weighted by Gasteiger charge is -2.25. The van der Waals surface area contributed by atoms with Crippen LogP contribution in [0, 0.1) is 0 Å². The van der Waals surface area contributed by atoms with E-state index in [-0.39, 0.29) is 18.9 Å². The van der Waals surface area contributed by atoms with Crippen LogP contribution in [0.4, 0.5) is 13.2 Å². The lowest BCUT2D eigenvalue weighted by Crippen LogP contribution is -2.31. The molecule has 12 heteroatoms. The number of carboxylic acid groups (broad SMARTS) is 1. The van der Waals surface area contributed by atoms with Gasteiger partial charge in [-0.3, -0.25) is 9.52 Å². The van der Waals surface area contributed by atoms with E-state index in [1.807, 2.05) is 42.5 Å². The predicted molar refractivity (Wildman–Crippen MR) is 141 cm³/mol. The van der Waals surface area contributed by atoms with E-state index in [2.05, 4.69) is 14.6 Å². The molecule has 0 saturated carbocycles. The van der Waals surface area contributed by atoms with Crippen molar-refractivity contribution in [3.63, 3.8) is 0 Å². The van der Waals surface area contributed by atoms with Crippen LogP contribution in [0.1, 0.15) is 34.6 Å². The molecule has 2 atom stereocenters. The molecule has 0 aromatic heterocycles. The van der Waals surface area contributed by atoms with Crippen LogP contribution in [0.3, 0.4) is 0 Å². The second-order valence-corrected chi connectivity index (χ2v) is 9.77. The van der Waals surface area contributed by atoms with Gasteiger partial charge in [0.15, 0.2) is 6.10 Å². The zero-order chi connectivity index (χ0) is 28.7. The molecule has 40 heavy (non-hydrogen) atoms. The molecule has 3 N–H and O–H groups in total. The van der Waals surface area contributed by atoms with E-state index in [0.29, 0.717) is 29.0 Å². The van der Waals surface area contributed by atoms with Crippen molar-refractivity contribution in [2.75, 3.05) is 13.2 Å². The number of carbonyl (C=O) groups is 2. The third kappa shape index (κ3) is 7.54. The number of hydrogen-bond donors (Lipinski definition) is 3. The number of hydrogen-bond acceptors (Lipinski definition) is 7. The van der Waals surface area contributed by atoms with E-state index in [0.717, 1.165) is 16.0 Å². The number of halogens is 3. The zero-order valence-electron chi connectivity index (χ0n) is 20.9. The minimum absolute atomic E-state index is 0.165. The van der Waals surface area contributed by atoms with Crippen LogP contribution >= 0.6 is 11.9 Å². The summed E-state index contributed by atoms with van der Waals surface area (Å²) in [5.74, 6) is -1.67. The number of ether oxygens (including phenoxy) is 2. The summed E-state index contributed by atoms with van der Waals surface area (Å²) >= 11 is 1.19. The highest BCUT2D eigenvalue weighted by Gasteiger charge is 2.32. The Balaban J connectivity index is 1.37. The van der Waals surface area contributed by atoms with Gasteiger partial charge in [-0.05, 0) is 47.7 Å². The summed E-state index contributed by atoms with van der Waals surface area (Å²) in [5, 5.41) is 22.2. The summed E-state index contributed by atoms with van der Waals surface area (Å²) in [4.78, 5) is 24.7. The van der Waals surface area contributed by atoms with Crippen LogP contribution in [-0.2, 0) is 20.7 Å². The number of aliphatic carboxylic acids is 1. The number of nitrogens with one attached hydrogen (secondary N) is 1. The van der Waals surface area contributed by atoms with E-state index in [1.54, 1.807) is 30.3 Å². The molecule has 210 valence electrons. The molecule has 2 unspecified atom stereocenters. The van der Waals surface area contributed by atoms with Gasteiger partial charge in [-0.1, -0.05) is 59.8 Å². The number of rotatable bonds is 11. The average molecular weight is 575 g/mol. The summed E-state index contributed by atoms with van der Waals surface area (Å²) in [6.45, 7) is -1.45. The Morgan fingerprint density at radius 1 is 1.05 bits per heavy atom. The number of carboxylic acids is 1. The molecular formula is C28H25F3N2O6S. The van der Waals surface area contributed by atoms with E-state index in [9.17, 15) is 28.0 Å². The largest absolute Gasteiger partial charge is 0.494 e. The van der Waals surface area contributed by atoms with Gasteiger partial charge in [0, 0.05) is 22.4 Å². The van der Waals surface area contributed by atoms with Gasteiger partial charge in [-0.25, -0.2) is 4.79 Å². The van der Waals surface area contributed by atoms with Crippen LogP contribution in [0.2, 0.25) is 0 Å². The predicted octanol–water partition coefficient (Wildman–Crippen LogP) is 5.18. The van der Waals surface area contributed by atoms with E-state index >= 15 is 0 Å². The van der Waals surface area contributed by atoms with Crippen molar-refractivity contribution >= 4 is 29.5 Å². The molecule has 1 amide bonds. The van der Waals surface area contributed by atoms with Gasteiger partial charge >= 0.3 is 12.1 Å². The van der Waals surface area contributed by atoms with Crippen LogP contribution < -0.4 is 9.46 Å². The minimum atomic E-state index is -4.62. The minimum Gasteiger partial charge on any atom is -0.494 e. The highest BCUT2D eigenvalue weighted by atomic mass is 32.2.